The molecular weight excluding hydrogens is 262 g/mol. The van der Waals surface area contributed by atoms with Gasteiger partial charge in [0.05, 0.1) is 13.2 Å². The molecule has 0 saturated carbocycles. The van der Waals surface area contributed by atoms with E-state index in [0.29, 0.717) is 11.8 Å². The lowest BCUT2D eigenvalue weighted by Crippen LogP contribution is -2.11. The zero-order chi connectivity index (χ0) is 14.7. The Balaban J connectivity index is 1.76. The molecule has 0 unspecified atom stereocenters. The highest BCUT2D eigenvalue weighted by Crippen LogP contribution is 2.26. The number of benzene rings is 1. The summed E-state index contributed by atoms with van der Waals surface area (Å²) in [6.45, 7) is 2.13. The van der Waals surface area contributed by atoms with E-state index in [1.54, 1.807) is 19.4 Å². The van der Waals surface area contributed by atoms with Gasteiger partial charge in [-0.25, -0.2) is 4.98 Å². The predicted molar refractivity (Wildman–Crippen MR) is 83.7 cm³/mol. The molecule has 1 N–H and O–H groups in total. The van der Waals surface area contributed by atoms with Crippen LogP contribution in [-0.4, -0.2) is 17.1 Å². The SMILES string of the molecule is COc1ccnc(N[C@H](C)c2ccc3c(c2)CCCC3)n1. The molecule has 0 bridgehead atoms. The van der Waals surface area contributed by atoms with Crippen LogP contribution in [0.3, 0.4) is 0 Å². The van der Waals surface area contributed by atoms with Crippen molar-refractivity contribution in [2.75, 3.05) is 12.4 Å². The number of nitrogens with one attached hydrogen (secondary N) is 1. The van der Waals surface area contributed by atoms with Crippen molar-refractivity contribution in [1.82, 2.24) is 9.97 Å². The zero-order valence-electron chi connectivity index (χ0n) is 12.6. The van der Waals surface area contributed by atoms with Crippen LogP contribution in [0.15, 0.2) is 30.5 Å². The Hall–Kier alpha value is -2.10. The molecule has 1 aliphatic carbocycles. The summed E-state index contributed by atoms with van der Waals surface area (Å²) in [6.07, 6.45) is 6.74. The van der Waals surface area contributed by atoms with Crippen molar-refractivity contribution >= 4 is 5.95 Å². The number of hydrogen-bond donors (Lipinski definition) is 1. The number of anilines is 1. The molecule has 1 atom stereocenters. The van der Waals surface area contributed by atoms with Crippen LogP contribution in [0.25, 0.3) is 0 Å². The molecule has 110 valence electrons. The van der Waals surface area contributed by atoms with Gasteiger partial charge in [0.1, 0.15) is 0 Å². The van der Waals surface area contributed by atoms with E-state index in [1.807, 2.05) is 0 Å². The number of aryl methyl sites for hydroxylation is 2. The summed E-state index contributed by atoms with van der Waals surface area (Å²) in [4.78, 5) is 8.54. The summed E-state index contributed by atoms with van der Waals surface area (Å²) in [5.74, 6) is 1.17. The van der Waals surface area contributed by atoms with Crippen molar-refractivity contribution in [1.29, 1.82) is 0 Å². The van der Waals surface area contributed by atoms with Gasteiger partial charge in [0, 0.05) is 12.3 Å². The van der Waals surface area contributed by atoms with Crippen molar-refractivity contribution in [3.63, 3.8) is 0 Å². The van der Waals surface area contributed by atoms with Crippen molar-refractivity contribution in [3.8, 4) is 5.88 Å². The Morgan fingerprint density at radius 1 is 1.14 bits per heavy atom. The number of nitrogens with zero attached hydrogens (tertiary/aromatic N) is 2. The summed E-state index contributed by atoms with van der Waals surface area (Å²) in [5, 5.41) is 3.34. The molecule has 1 heterocycles. The molecule has 21 heavy (non-hydrogen) atoms. The van der Waals surface area contributed by atoms with Crippen LogP contribution in [0, 0.1) is 0 Å². The van der Waals surface area contributed by atoms with Gasteiger partial charge in [-0.2, -0.15) is 4.98 Å². The van der Waals surface area contributed by atoms with E-state index >= 15 is 0 Å². The maximum atomic E-state index is 5.13. The van der Waals surface area contributed by atoms with E-state index in [4.69, 9.17) is 4.74 Å². The van der Waals surface area contributed by atoms with Crippen molar-refractivity contribution < 1.29 is 4.74 Å². The van der Waals surface area contributed by atoms with Crippen molar-refractivity contribution in [2.24, 2.45) is 0 Å². The first kappa shape index (κ1) is 13.9. The van der Waals surface area contributed by atoms with Crippen LogP contribution in [0.1, 0.15) is 42.5 Å². The number of ether oxygens (including phenoxy) is 1. The van der Waals surface area contributed by atoms with Gasteiger partial charge in [-0.05, 0) is 49.3 Å². The molecule has 0 fully saturated rings. The largest absolute Gasteiger partial charge is 0.481 e. The van der Waals surface area contributed by atoms with E-state index in [2.05, 4.69) is 40.4 Å². The van der Waals surface area contributed by atoms with Gasteiger partial charge in [-0.1, -0.05) is 18.2 Å². The molecule has 3 rings (SSSR count). The van der Waals surface area contributed by atoms with Gasteiger partial charge in [-0.15, -0.1) is 0 Å². The molecule has 4 nitrogen and oxygen atoms in total. The minimum absolute atomic E-state index is 0.171. The van der Waals surface area contributed by atoms with Gasteiger partial charge < -0.3 is 10.1 Å². The zero-order valence-corrected chi connectivity index (χ0v) is 12.6. The number of fused-ring (bicyclic) bond motifs is 1. The van der Waals surface area contributed by atoms with E-state index in [9.17, 15) is 0 Å². The number of hydrogen-bond acceptors (Lipinski definition) is 4. The van der Waals surface area contributed by atoms with Crippen LogP contribution in [-0.2, 0) is 12.8 Å². The molecular formula is C17H21N3O. The maximum Gasteiger partial charge on any atom is 0.226 e. The first-order valence-electron chi connectivity index (χ1n) is 7.51. The first-order chi connectivity index (χ1) is 10.3. The minimum atomic E-state index is 0.171. The highest BCUT2D eigenvalue weighted by atomic mass is 16.5. The second kappa shape index (κ2) is 6.12. The van der Waals surface area contributed by atoms with Crippen LogP contribution in [0.2, 0.25) is 0 Å². The molecule has 0 saturated heterocycles. The average Bonchev–Trinajstić information content (AvgIpc) is 2.54. The third-order valence-electron chi connectivity index (χ3n) is 4.06. The quantitative estimate of drug-likeness (QED) is 0.932. The van der Waals surface area contributed by atoms with Crippen LogP contribution >= 0.6 is 0 Å². The highest BCUT2D eigenvalue weighted by Gasteiger charge is 2.13. The van der Waals surface area contributed by atoms with Gasteiger partial charge in [0.25, 0.3) is 0 Å². The van der Waals surface area contributed by atoms with Crippen LogP contribution in [0.4, 0.5) is 5.95 Å². The molecule has 0 spiro atoms. The number of aromatic nitrogens is 2. The Morgan fingerprint density at radius 3 is 2.76 bits per heavy atom. The lowest BCUT2D eigenvalue weighted by atomic mass is 9.89. The van der Waals surface area contributed by atoms with E-state index in [-0.39, 0.29) is 6.04 Å². The summed E-state index contributed by atoms with van der Waals surface area (Å²) < 4.78 is 5.13. The third-order valence-corrected chi connectivity index (χ3v) is 4.06. The molecule has 0 aliphatic heterocycles. The van der Waals surface area contributed by atoms with Gasteiger partial charge in [0.2, 0.25) is 11.8 Å². The number of rotatable bonds is 4. The summed E-state index contributed by atoms with van der Waals surface area (Å²) in [7, 11) is 1.61. The average molecular weight is 283 g/mol. The lowest BCUT2D eigenvalue weighted by Gasteiger charge is -2.20. The van der Waals surface area contributed by atoms with E-state index < -0.39 is 0 Å². The molecule has 1 aromatic carbocycles. The van der Waals surface area contributed by atoms with Crippen LogP contribution < -0.4 is 10.1 Å². The second-order valence-corrected chi connectivity index (χ2v) is 5.52. The molecule has 1 aliphatic rings. The fourth-order valence-corrected chi connectivity index (χ4v) is 2.83. The normalized spacial score (nSPS) is 15.1. The standard InChI is InChI=1S/C17H21N3O/c1-12(19-17-18-10-9-16(20-17)21-2)14-8-7-13-5-3-4-6-15(13)11-14/h7-12H,3-6H2,1-2H3,(H,18,19,20)/t12-/m1/s1. The monoisotopic (exact) mass is 283 g/mol. The maximum absolute atomic E-state index is 5.13. The van der Waals surface area contributed by atoms with Crippen molar-refractivity contribution in [3.05, 3.63) is 47.2 Å². The second-order valence-electron chi connectivity index (χ2n) is 5.52. The van der Waals surface area contributed by atoms with Crippen molar-refractivity contribution in [2.45, 2.75) is 38.6 Å². The Morgan fingerprint density at radius 2 is 1.95 bits per heavy atom. The highest BCUT2D eigenvalue weighted by molar-refractivity contribution is 5.38. The first-order valence-corrected chi connectivity index (χ1v) is 7.51. The molecule has 1 aromatic heterocycles. The van der Waals surface area contributed by atoms with Gasteiger partial charge >= 0.3 is 0 Å². The van der Waals surface area contributed by atoms with E-state index in [0.717, 1.165) is 0 Å². The predicted octanol–water partition coefficient (Wildman–Crippen LogP) is 3.54. The summed E-state index contributed by atoms with van der Waals surface area (Å²) in [5.41, 5.74) is 4.29. The summed E-state index contributed by atoms with van der Waals surface area (Å²) in [6, 6.07) is 8.72. The minimum Gasteiger partial charge on any atom is -0.481 e. The topological polar surface area (TPSA) is 47.0 Å². The van der Waals surface area contributed by atoms with Crippen LogP contribution in [0.5, 0.6) is 5.88 Å². The number of methoxy groups -OCH3 is 1. The third kappa shape index (κ3) is 3.15. The Labute approximate surface area is 125 Å². The fourth-order valence-electron chi connectivity index (χ4n) is 2.83. The van der Waals surface area contributed by atoms with Gasteiger partial charge in [-0.3, -0.25) is 0 Å². The molecule has 0 amide bonds. The molecule has 4 heteroatoms. The Bertz CT molecular complexity index is 627. The molecule has 2 aromatic rings. The Kier molecular flexibility index (Phi) is 4.04. The smallest absolute Gasteiger partial charge is 0.226 e. The lowest BCUT2D eigenvalue weighted by molar-refractivity contribution is 0.397. The molecule has 0 radical (unpaired) electrons. The van der Waals surface area contributed by atoms with Gasteiger partial charge in [0.15, 0.2) is 0 Å². The van der Waals surface area contributed by atoms with E-state index in [1.165, 1.54) is 42.4 Å². The summed E-state index contributed by atoms with van der Waals surface area (Å²) >= 11 is 0. The fraction of sp³-hybridized carbons (Fsp3) is 0.412.